The van der Waals surface area contributed by atoms with E-state index in [1.165, 1.54) is 0 Å². The van der Waals surface area contributed by atoms with Crippen LogP contribution in [-0.2, 0) is 16.1 Å². The lowest BCUT2D eigenvalue weighted by Gasteiger charge is -2.11. The highest BCUT2D eigenvalue weighted by atomic mass is 16.6. The predicted molar refractivity (Wildman–Crippen MR) is 111 cm³/mol. The lowest BCUT2D eigenvalue weighted by molar-refractivity contribution is 0.0429. The highest BCUT2D eigenvalue weighted by Crippen LogP contribution is 2.27. The second-order valence-corrected chi connectivity index (χ2v) is 6.99. The van der Waals surface area contributed by atoms with Crippen LogP contribution in [0.4, 0.5) is 0 Å². The van der Waals surface area contributed by atoms with E-state index in [0.717, 1.165) is 19.4 Å². The summed E-state index contributed by atoms with van der Waals surface area (Å²) < 4.78 is 27.3. The zero-order valence-corrected chi connectivity index (χ0v) is 17.3. The lowest BCUT2D eigenvalue weighted by atomic mass is 10.2. The maximum Gasteiger partial charge on any atom is 0.338 e. The number of carbonyl (C=O) groups excluding carboxylic acids is 1. The number of para-hydroxylation sites is 1. The molecule has 2 aromatic carbocycles. The van der Waals surface area contributed by atoms with Gasteiger partial charge in [0.15, 0.2) is 6.61 Å². The Morgan fingerprint density at radius 3 is 2.74 bits per heavy atom. The van der Waals surface area contributed by atoms with Crippen molar-refractivity contribution in [2.24, 2.45) is 0 Å². The van der Waals surface area contributed by atoms with Crippen molar-refractivity contribution in [2.75, 3.05) is 19.8 Å². The quantitative estimate of drug-likeness (QED) is 0.475. The van der Waals surface area contributed by atoms with Crippen LogP contribution in [0.1, 0.15) is 36.0 Å². The molecule has 162 valence electrons. The first kappa shape index (κ1) is 20.9. The Morgan fingerprint density at radius 1 is 1.13 bits per heavy atom. The predicted octanol–water partition coefficient (Wildman–Crippen LogP) is 4.05. The van der Waals surface area contributed by atoms with Gasteiger partial charge in [0.2, 0.25) is 5.82 Å². The standard InChI is InChI=1S/C23H24N2O6/c1-2-27-20-8-4-3-7-19(20)22-24-21(31-25-22)15-30-23(26)16-9-11-17(12-10-16)29-14-18-6-5-13-28-18/h3-4,7-12,18H,2,5-6,13-15H2,1H3. The van der Waals surface area contributed by atoms with Crippen LogP contribution in [0, 0.1) is 0 Å². The fraction of sp³-hybridized carbons (Fsp3) is 0.348. The molecule has 1 saturated heterocycles. The van der Waals surface area contributed by atoms with Gasteiger partial charge in [-0.1, -0.05) is 17.3 Å². The molecule has 8 nitrogen and oxygen atoms in total. The van der Waals surface area contributed by atoms with Crippen molar-refractivity contribution < 1.29 is 28.3 Å². The minimum Gasteiger partial charge on any atom is -0.493 e. The fourth-order valence-electron chi connectivity index (χ4n) is 3.22. The molecular formula is C23H24N2O6. The third kappa shape index (κ3) is 5.40. The molecule has 0 bridgehead atoms. The van der Waals surface area contributed by atoms with Gasteiger partial charge in [-0.05, 0) is 56.2 Å². The van der Waals surface area contributed by atoms with Gasteiger partial charge in [-0.2, -0.15) is 4.98 Å². The van der Waals surface area contributed by atoms with E-state index >= 15 is 0 Å². The van der Waals surface area contributed by atoms with E-state index in [-0.39, 0.29) is 18.6 Å². The molecule has 0 amide bonds. The number of nitrogens with zero attached hydrogens (tertiary/aromatic N) is 2. The van der Waals surface area contributed by atoms with Crippen LogP contribution in [0.3, 0.4) is 0 Å². The smallest absolute Gasteiger partial charge is 0.338 e. The van der Waals surface area contributed by atoms with Crippen LogP contribution in [0.5, 0.6) is 11.5 Å². The molecule has 0 spiro atoms. The largest absolute Gasteiger partial charge is 0.493 e. The zero-order chi connectivity index (χ0) is 21.5. The van der Waals surface area contributed by atoms with E-state index in [4.69, 9.17) is 23.5 Å². The van der Waals surface area contributed by atoms with Gasteiger partial charge >= 0.3 is 5.97 Å². The van der Waals surface area contributed by atoms with Crippen LogP contribution in [0.25, 0.3) is 11.4 Å². The van der Waals surface area contributed by atoms with E-state index in [1.54, 1.807) is 24.3 Å². The van der Waals surface area contributed by atoms with Gasteiger partial charge in [0.1, 0.15) is 18.1 Å². The molecule has 3 aromatic rings. The normalized spacial score (nSPS) is 15.6. The second kappa shape index (κ2) is 10.1. The summed E-state index contributed by atoms with van der Waals surface area (Å²) in [7, 11) is 0. The molecule has 1 aliphatic heterocycles. The Morgan fingerprint density at radius 2 is 1.97 bits per heavy atom. The minimum absolute atomic E-state index is 0.125. The van der Waals surface area contributed by atoms with Gasteiger partial charge in [0.25, 0.3) is 5.89 Å². The number of ether oxygens (including phenoxy) is 4. The van der Waals surface area contributed by atoms with Crippen molar-refractivity contribution in [1.82, 2.24) is 10.1 Å². The summed E-state index contributed by atoms with van der Waals surface area (Å²) in [4.78, 5) is 16.6. The monoisotopic (exact) mass is 424 g/mol. The van der Waals surface area contributed by atoms with E-state index < -0.39 is 5.97 Å². The summed E-state index contributed by atoms with van der Waals surface area (Å²) in [6.07, 6.45) is 2.22. The molecule has 1 atom stereocenters. The number of rotatable bonds is 9. The van der Waals surface area contributed by atoms with Gasteiger partial charge in [0, 0.05) is 6.61 Å². The van der Waals surface area contributed by atoms with Gasteiger partial charge in [-0.15, -0.1) is 0 Å². The SMILES string of the molecule is CCOc1ccccc1-c1noc(COC(=O)c2ccc(OCC3CCCO3)cc2)n1. The number of esters is 1. The van der Waals surface area contributed by atoms with Gasteiger partial charge < -0.3 is 23.5 Å². The van der Waals surface area contributed by atoms with Crippen molar-refractivity contribution in [2.45, 2.75) is 32.5 Å². The van der Waals surface area contributed by atoms with Gasteiger partial charge in [0.05, 0.1) is 23.8 Å². The van der Waals surface area contributed by atoms with Crippen molar-refractivity contribution in [1.29, 1.82) is 0 Å². The van der Waals surface area contributed by atoms with Crippen LogP contribution in [-0.4, -0.2) is 42.0 Å². The number of aromatic nitrogens is 2. The number of hydrogen-bond acceptors (Lipinski definition) is 8. The number of hydrogen-bond donors (Lipinski definition) is 0. The third-order valence-corrected chi connectivity index (χ3v) is 4.77. The summed E-state index contributed by atoms with van der Waals surface area (Å²) in [5, 5.41) is 3.96. The molecule has 0 N–H and O–H groups in total. The van der Waals surface area contributed by atoms with Crippen LogP contribution in [0.2, 0.25) is 0 Å². The molecule has 0 saturated carbocycles. The fourth-order valence-corrected chi connectivity index (χ4v) is 3.22. The van der Waals surface area contributed by atoms with Crippen LogP contribution >= 0.6 is 0 Å². The van der Waals surface area contributed by atoms with Gasteiger partial charge in [-0.25, -0.2) is 4.79 Å². The topological polar surface area (TPSA) is 92.9 Å². The van der Waals surface area contributed by atoms with Crippen LogP contribution < -0.4 is 9.47 Å². The number of benzene rings is 2. The van der Waals surface area contributed by atoms with E-state index in [9.17, 15) is 4.79 Å². The van der Waals surface area contributed by atoms with Crippen molar-refractivity contribution in [3.8, 4) is 22.9 Å². The summed E-state index contributed by atoms with van der Waals surface area (Å²) in [5.74, 6) is 1.44. The first-order valence-corrected chi connectivity index (χ1v) is 10.3. The average Bonchev–Trinajstić information content (AvgIpc) is 3.49. The number of carbonyl (C=O) groups is 1. The minimum atomic E-state index is -0.486. The van der Waals surface area contributed by atoms with Crippen molar-refractivity contribution in [3.05, 3.63) is 60.0 Å². The zero-order valence-electron chi connectivity index (χ0n) is 17.3. The summed E-state index contributed by atoms with van der Waals surface area (Å²) in [5.41, 5.74) is 1.12. The summed E-state index contributed by atoms with van der Waals surface area (Å²) >= 11 is 0. The Labute approximate surface area is 180 Å². The Hall–Kier alpha value is -3.39. The Bertz CT molecular complexity index is 995. The molecule has 1 aliphatic rings. The highest BCUT2D eigenvalue weighted by molar-refractivity contribution is 5.89. The molecule has 0 aliphatic carbocycles. The van der Waals surface area contributed by atoms with E-state index in [0.29, 0.717) is 41.7 Å². The molecule has 31 heavy (non-hydrogen) atoms. The average molecular weight is 424 g/mol. The molecule has 1 fully saturated rings. The third-order valence-electron chi connectivity index (χ3n) is 4.77. The first-order valence-electron chi connectivity index (χ1n) is 10.3. The van der Waals surface area contributed by atoms with Crippen molar-refractivity contribution in [3.63, 3.8) is 0 Å². The first-order chi connectivity index (χ1) is 15.2. The second-order valence-electron chi connectivity index (χ2n) is 6.99. The maximum atomic E-state index is 12.3. The van der Waals surface area contributed by atoms with Gasteiger partial charge in [-0.3, -0.25) is 0 Å². The lowest BCUT2D eigenvalue weighted by Crippen LogP contribution is -2.16. The summed E-state index contributed by atoms with van der Waals surface area (Å²) in [6.45, 7) is 3.60. The van der Waals surface area contributed by atoms with E-state index in [2.05, 4.69) is 10.1 Å². The van der Waals surface area contributed by atoms with Crippen LogP contribution in [0.15, 0.2) is 53.1 Å². The molecule has 2 heterocycles. The summed E-state index contributed by atoms with van der Waals surface area (Å²) in [6, 6.07) is 14.2. The maximum absolute atomic E-state index is 12.3. The van der Waals surface area contributed by atoms with Crippen molar-refractivity contribution >= 4 is 5.97 Å². The molecule has 1 unspecified atom stereocenters. The molecule has 4 rings (SSSR count). The Balaban J connectivity index is 1.31. The molecule has 1 aromatic heterocycles. The molecular weight excluding hydrogens is 400 g/mol. The molecule has 8 heteroatoms. The highest BCUT2D eigenvalue weighted by Gasteiger charge is 2.17. The Kier molecular flexibility index (Phi) is 6.78. The molecule has 0 radical (unpaired) electrons. The van der Waals surface area contributed by atoms with E-state index in [1.807, 2.05) is 31.2 Å².